The summed E-state index contributed by atoms with van der Waals surface area (Å²) in [7, 11) is 1.52. The summed E-state index contributed by atoms with van der Waals surface area (Å²) in [4.78, 5) is 12.2. The van der Waals surface area contributed by atoms with E-state index in [-0.39, 0.29) is 5.91 Å². The minimum Gasteiger partial charge on any atom is -0.496 e. The Morgan fingerprint density at radius 1 is 1.04 bits per heavy atom. The fourth-order valence-electron chi connectivity index (χ4n) is 2.51. The number of amides is 1. The van der Waals surface area contributed by atoms with E-state index in [1.54, 1.807) is 30.5 Å². The van der Waals surface area contributed by atoms with Crippen molar-refractivity contribution in [2.24, 2.45) is 5.10 Å². The molecule has 3 rings (SSSR count). The number of rotatable bonds is 7. The highest BCUT2D eigenvalue weighted by Gasteiger charge is 2.10. The first-order valence-electron chi connectivity index (χ1n) is 8.60. The van der Waals surface area contributed by atoms with Gasteiger partial charge < -0.3 is 9.47 Å². The molecule has 0 unspecified atom stereocenters. The molecule has 0 aromatic heterocycles. The first kappa shape index (κ1) is 19.6. The quantitative estimate of drug-likeness (QED) is 0.425. The van der Waals surface area contributed by atoms with Crippen molar-refractivity contribution in [1.82, 2.24) is 5.43 Å². The Labute approximate surface area is 172 Å². The van der Waals surface area contributed by atoms with E-state index in [4.69, 9.17) is 9.47 Å². The van der Waals surface area contributed by atoms with Crippen molar-refractivity contribution in [1.29, 1.82) is 0 Å². The molecule has 0 aliphatic heterocycles. The van der Waals surface area contributed by atoms with E-state index in [9.17, 15) is 4.79 Å². The lowest BCUT2D eigenvalue weighted by Crippen LogP contribution is -2.18. The van der Waals surface area contributed by atoms with Gasteiger partial charge in [0.1, 0.15) is 18.1 Å². The molecule has 28 heavy (non-hydrogen) atoms. The Morgan fingerprint density at radius 2 is 1.79 bits per heavy atom. The molecule has 1 N–H and O–H groups in total. The molecule has 0 aliphatic rings. The number of nitrogens with one attached hydrogen (secondary N) is 1. The molecule has 5 nitrogen and oxygen atoms in total. The summed E-state index contributed by atoms with van der Waals surface area (Å²) in [6, 6.07) is 22.5. The molecule has 0 fully saturated rings. The van der Waals surface area contributed by atoms with Crippen molar-refractivity contribution in [3.63, 3.8) is 0 Å². The maximum atomic E-state index is 12.2. The minimum absolute atomic E-state index is 0.337. The predicted molar refractivity (Wildman–Crippen MR) is 113 cm³/mol. The van der Waals surface area contributed by atoms with Gasteiger partial charge in [0.2, 0.25) is 0 Å². The molecule has 3 aromatic rings. The largest absolute Gasteiger partial charge is 0.496 e. The summed E-state index contributed by atoms with van der Waals surface area (Å²) in [5, 5.41) is 4.02. The van der Waals surface area contributed by atoms with E-state index in [0.717, 1.165) is 21.3 Å². The zero-order valence-electron chi connectivity index (χ0n) is 15.3. The van der Waals surface area contributed by atoms with Gasteiger partial charge in [-0.3, -0.25) is 4.79 Å². The lowest BCUT2D eigenvalue weighted by molar-refractivity contribution is 0.0952. The molecule has 0 saturated carbocycles. The number of methoxy groups -OCH3 is 1. The molecular formula is C22H19BrN2O3. The summed E-state index contributed by atoms with van der Waals surface area (Å²) in [5.74, 6) is 0.896. The third-order valence-corrected chi connectivity index (χ3v) is 4.54. The monoisotopic (exact) mass is 438 g/mol. The van der Waals surface area contributed by atoms with Gasteiger partial charge in [0.25, 0.3) is 5.91 Å². The van der Waals surface area contributed by atoms with E-state index in [1.165, 1.54) is 7.11 Å². The highest BCUT2D eigenvalue weighted by atomic mass is 79.9. The molecule has 0 atom stereocenters. The van der Waals surface area contributed by atoms with Crippen molar-refractivity contribution in [3.05, 3.63) is 94.0 Å². The zero-order valence-corrected chi connectivity index (χ0v) is 16.8. The molecule has 0 heterocycles. The SMILES string of the molecule is COc1ccccc1C(=O)N/N=C\c1ccc(OCc2ccccc2)c(Br)c1. The van der Waals surface area contributed by atoms with E-state index < -0.39 is 0 Å². The first-order valence-corrected chi connectivity index (χ1v) is 9.39. The standard InChI is InChI=1S/C22H19BrN2O3/c1-27-20-10-6-5-9-18(20)22(26)25-24-14-17-11-12-21(19(23)13-17)28-15-16-7-3-2-4-8-16/h2-14H,15H2,1H3,(H,25,26)/b24-14-. The minimum atomic E-state index is -0.337. The number of hydrogen-bond donors (Lipinski definition) is 1. The van der Waals surface area contributed by atoms with Crippen LogP contribution in [0.1, 0.15) is 21.5 Å². The second kappa shape index (κ2) is 9.71. The number of ether oxygens (including phenoxy) is 2. The van der Waals surface area contributed by atoms with Crippen LogP contribution in [0.4, 0.5) is 0 Å². The number of nitrogens with zero attached hydrogens (tertiary/aromatic N) is 1. The van der Waals surface area contributed by atoms with Crippen molar-refractivity contribution in [3.8, 4) is 11.5 Å². The third kappa shape index (κ3) is 5.20. The Balaban J connectivity index is 1.60. The highest BCUT2D eigenvalue weighted by Crippen LogP contribution is 2.26. The molecule has 142 valence electrons. The van der Waals surface area contributed by atoms with Gasteiger partial charge in [-0.15, -0.1) is 0 Å². The van der Waals surface area contributed by atoms with E-state index in [2.05, 4.69) is 26.5 Å². The average molecular weight is 439 g/mol. The van der Waals surface area contributed by atoms with E-state index in [1.807, 2.05) is 48.5 Å². The van der Waals surface area contributed by atoms with Gasteiger partial charge in [0, 0.05) is 0 Å². The summed E-state index contributed by atoms with van der Waals surface area (Å²) in [6.07, 6.45) is 1.57. The molecule has 0 bridgehead atoms. The van der Waals surface area contributed by atoms with Crippen LogP contribution in [0.15, 0.2) is 82.4 Å². The van der Waals surface area contributed by atoms with E-state index >= 15 is 0 Å². The Morgan fingerprint density at radius 3 is 2.54 bits per heavy atom. The van der Waals surface area contributed by atoms with Crippen LogP contribution in [0.25, 0.3) is 0 Å². The summed E-state index contributed by atoms with van der Waals surface area (Å²) >= 11 is 3.51. The summed E-state index contributed by atoms with van der Waals surface area (Å²) < 4.78 is 11.8. The van der Waals surface area contributed by atoms with Gasteiger partial charge in [0.05, 0.1) is 23.4 Å². The van der Waals surface area contributed by atoms with Crippen LogP contribution in [0.3, 0.4) is 0 Å². The maximum absolute atomic E-state index is 12.2. The van der Waals surface area contributed by atoms with Crippen LogP contribution in [-0.4, -0.2) is 19.2 Å². The smallest absolute Gasteiger partial charge is 0.275 e. The van der Waals surface area contributed by atoms with Crippen LogP contribution in [0.5, 0.6) is 11.5 Å². The maximum Gasteiger partial charge on any atom is 0.275 e. The third-order valence-electron chi connectivity index (χ3n) is 3.92. The molecular weight excluding hydrogens is 420 g/mol. The normalized spacial score (nSPS) is 10.6. The van der Waals surface area contributed by atoms with Crippen molar-refractivity contribution >= 4 is 28.1 Å². The predicted octanol–water partition coefficient (Wildman–Crippen LogP) is 4.80. The van der Waals surface area contributed by atoms with Crippen LogP contribution in [0, 0.1) is 0 Å². The van der Waals surface area contributed by atoms with Gasteiger partial charge in [-0.1, -0.05) is 42.5 Å². The highest BCUT2D eigenvalue weighted by molar-refractivity contribution is 9.10. The molecule has 6 heteroatoms. The molecule has 3 aromatic carbocycles. The number of halogens is 1. The molecule has 0 spiro atoms. The molecule has 0 radical (unpaired) electrons. The lowest BCUT2D eigenvalue weighted by atomic mass is 10.2. The van der Waals surface area contributed by atoms with Crippen molar-refractivity contribution in [2.75, 3.05) is 7.11 Å². The van der Waals surface area contributed by atoms with Gasteiger partial charge in [-0.05, 0) is 57.4 Å². The second-order valence-corrected chi connectivity index (χ2v) is 6.72. The average Bonchev–Trinajstić information content (AvgIpc) is 2.73. The van der Waals surface area contributed by atoms with Crippen molar-refractivity contribution < 1.29 is 14.3 Å². The van der Waals surface area contributed by atoms with E-state index in [0.29, 0.717) is 17.9 Å². The van der Waals surface area contributed by atoms with Gasteiger partial charge >= 0.3 is 0 Å². The molecule has 0 aliphatic carbocycles. The van der Waals surface area contributed by atoms with Crippen LogP contribution in [-0.2, 0) is 6.61 Å². The Bertz CT molecular complexity index is 975. The van der Waals surface area contributed by atoms with Gasteiger partial charge in [-0.25, -0.2) is 5.43 Å². The van der Waals surface area contributed by atoms with Crippen LogP contribution < -0.4 is 14.9 Å². The number of benzene rings is 3. The second-order valence-electron chi connectivity index (χ2n) is 5.86. The van der Waals surface area contributed by atoms with Gasteiger partial charge in [-0.2, -0.15) is 5.10 Å². The number of carbonyl (C=O) groups excluding carboxylic acids is 1. The lowest BCUT2D eigenvalue weighted by Gasteiger charge is -2.09. The Hall–Kier alpha value is -3.12. The van der Waals surface area contributed by atoms with Gasteiger partial charge in [0.15, 0.2) is 0 Å². The molecule has 1 amide bonds. The zero-order chi connectivity index (χ0) is 19.8. The summed E-state index contributed by atoms with van der Waals surface area (Å²) in [6.45, 7) is 0.488. The fraction of sp³-hybridized carbons (Fsp3) is 0.0909. The molecule has 0 saturated heterocycles. The number of para-hydroxylation sites is 1. The summed E-state index contributed by atoms with van der Waals surface area (Å²) in [5.41, 5.74) is 4.85. The van der Waals surface area contributed by atoms with Crippen LogP contribution >= 0.6 is 15.9 Å². The number of hydrogen-bond acceptors (Lipinski definition) is 4. The first-order chi connectivity index (χ1) is 13.7. The fourth-order valence-corrected chi connectivity index (χ4v) is 3.02. The number of carbonyl (C=O) groups is 1. The Kier molecular flexibility index (Phi) is 6.81. The number of hydrazone groups is 1. The van der Waals surface area contributed by atoms with Crippen molar-refractivity contribution in [2.45, 2.75) is 6.61 Å². The van der Waals surface area contributed by atoms with Crippen LogP contribution in [0.2, 0.25) is 0 Å². The topological polar surface area (TPSA) is 59.9 Å².